The van der Waals surface area contributed by atoms with Crippen LogP contribution in [0.2, 0.25) is 0 Å². The van der Waals surface area contributed by atoms with Gasteiger partial charge in [-0.1, -0.05) is 26.0 Å². The Morgan fingerprint density at radius 2 is 1.74 bits per heavy atom. The van der Waals surface area contributed by atoms with Crippen LogP contribution in [-0.4, -0.2) is 61.8 Å². The first kappa shape index (κ1) is 21.7. The molecule has 1 fully saturated rings. The van der Waals surface area contributed by atoms with Crippen LogP contribution in [-0.2, 0) is 6.54 Å². The molecular weight excluding hydrogens is 440 g/mol. The Kier molecular flexibility index (Phi) is 5.41. The van der Waals surface area contributed by atoms with E-state index in [0.717, 1.165) is 50.3 Å². The van der Waals surface area contributed by atoms with Crippen LogP contribution in [0, 0.1) is 0 Å². The quantitative estimate of drug-likeness (QED) is 0.403. The summed E-state index contributed by atoms with van der Waals surface area (Å²) in [6, 6.07) is 14.7. The Morgan fingerprint density at radius 1 is 0.943 bits per heavy atom. The first-order valence-corrected chi connectivity index (χ1v) is 12.2. The predicted molar refractivity (Wildman–Crippen MR) is 138 cm³/mol. The molecule has 1 saturated heterocycles. The normalized spacial score (nSPS) is 15.1. The number of anilines is 2. The van der Waals surface area contributed by atoms with Crippen molar-refractivity contribution in [2.75, 3.05) is 43.4 Å². The van der Waals surface area contributed by atoms with Crippen molar-refractivity contribution < 1.29 is 4.42 Å². The lowest BCUT2D eigenvalue weighted by molar-refractivity contribution is 0.249. The van der Waals surface area contributed by atoms with Crippen molar-refractivity contribution in [3.63, 3.8) is 0 Å². The molecule has 0 radical (unpaired) electrons. The highest BCUT2D eigenvalue weighted by Crippen LogP contribution is 2.25. The van der Waals surface area contributed by atoms with Crippen molar-refractivity contribution in [2.45, 2.75) is 26.3 Å². The minimum absolute atomic E-state index is 0.315. The molecule has 0 unspecified atom stereocenters. The SMILES string of the molecule is CC(C)c1ccc(N2CCN(CCn3ccc4c3nc(N)n3nc(-c5ccco5)nc43)CC2)cc1. The molecule has 2 N–H and O–H groups in total. The Hall–Kier alpha value is -3.85. The fourth-order valence-electron chi connectivity index (χ4n) is 4.80. The first-order valence-electron chi connectivity index (χ1n) is 12.2. The van der Waals surface area contributed by atoms with Crippen molar-refractivity contribution in [3.05, 3.63) is 60.5 Å². The molecule has 5 heterocycles. The summed E-state index contributed by atoms with van der Waals surface area (Å²) < 4.78 is 9.19. The topological polar surface area (TPSA) is 93.7 Å². The molecule has 4 aromatic heterocycles. The van der Waals surface area contributed by atoms with Crippen LogP contribution in [0.3, 0.4) is 0 Å². The Morgan fingerprint density at radius 3 is 2.46 bits per heavy atom. The molecule has 0 aliphatic carbocycles. The number of furan rings is 1. The van der Waals surface area contributed by atoms with Crippen LogP contribution in [0.25, 0.3) is 28.3 Å². The van der Waals surface area contributed by atoms with Crippen LogP contribution >= 0.6 is 0 Å². The molecule has 0 atom stereocenters. The van der Waals surface area contributed by atoms with Gasteiger partial charge in [0.1, 0.15) is 5.65 Å². The maximum absolute atomic E-state index is 6.24. The summed E-state index contributed by atoms with van der Waals surface area (Å²) >= 11 is 0. The molecule has 1 aromatic carbocycles. The van der Waals surface area contributed by atoms with Crippen LogP contribution in [0.5, 0.6) is 0 Å². The summed E-state index contributed by atoms with van der Waals surface area (Å²) in [4.78, 5) is 14.3. The zero-order chi connectivity index (χ0) is 23.9. The van der Waals surface area contributed by atoms with Crippen molar-refractivity contribution in [3.8, 4) is 11.6 Å². The third-order valence-corrected chi connectivity index (χ3v) is 6.92. The second-order valence-electron chi connectivity index (χ2n) is 9.44. The summed E-state index contributed by atoms with van der Waals surface area (Å²) in [6.07, 6.45) is 3.67. The largest absolute Gasteiger partial charge is 0.461 e. The summed E-state index contributed by atoms with van der Waals surface area (Å²) in [5.41, 5.74) is 10.5. The number of hydrogen-bond acceptors (Lipinski definition) is 7. The van der Waals surface area contributed by atoms with Gasteiger partial charge in [-0.25, -0.2) is 4.98 Å². The lowest BCUT2D eigenvalue weighted by Gasteiger charge is -2.36. The molecule has 9 heteroatoms. The minimum Gasteiger partial charge on any atom is -0.461 e. The van der Waals surface area contributed by atoms with E-state index in [0.29, 0.717) is 29.1 Å². The monoisotopic (exact) mass is 470 g/mol. The van der Waals surface area contributed by atoms with E-state index in [4.69, 9.17) is 10.2 Å². The molecule has 1 aliphatic rings. The van der Waals surface area contributed by atoms with Gasteiger partial charge >= 0.3 is 0 Å². The summed E-state index contributed by atoms with van der Waals surface area (Å²) in [5.74, 6) is 1.99. The lowest BCUT2D eigenvalue weighted by Crippen LogP contribution is -2.47. The first-order chi connectivity index (χ1) is 17.1. The van der Waals surface area contributed by atoms with Crippen LogP contribution in [0.1, 0.15) is 25.3 Å². The van der Waals surface area contributed by atoms with E-state index >= 15 is 0 Å². The third-order valence-electron chi connectivity index (χ3n) is 6.92. The van der Waals surface area contributed by atoms with Crippen molar-refractivity contribution in [1.29, 1.82) is 0 Å². The molecule has 35 heavy (non-hydrogen) atoms. The van der Waals surface area contributed by atoms with E-state index < -0.39 is 0 Å². The van der Waals surface area contributed by atoms with Gasteiger partial charge in [0.05, 0.1) is 11.6 Å². The summed E-state index contributed by atoms with van der Waals surface area (Å²) in [6.45, 7) is 10.4. The number of benzene rings is 1. The highest BCUT2D eigenvalue weighted by molar-refractivity contribution is 5.91. The molecule has 0 bridgehead atoms. The molecule has 9 nitrogen and oxygen atoms in total. The average molecular weight is 471 g/mol. The second-order valence-corrected chi connectivity index (χ2v) is 9.44. The fourth-order valence-corrected chi connectivity index (χ4v) is 4.80. The Balaban J connectivity index is 1.14. The number of nitrogens with zero attached hydrogens (tertiary/aromatic N) is 7. The third kappa shape index (κ3) is 4.01. The van der Waals surface area contributed by atoms with Gasteiger partial charge in [-0.15, -0.1) is 5.10 Å². The smallest absolute Gasteiger partial charge is 0.225 e. The Labute approximate surface area is 203 Å². The van der Waals surface area contributed by atoms with Crippen LogP contribution < -0.4 is 10.6 Å². The van der Waals surface area contributed by atoms with Crippen molar-refractivity contribution >= 4 is 28.3 Å². The lowest BCUT2D eigenvalue weighted by atomic mass is 10.0. The summed E-state index contributed by atoms with van der Waals surface area (Å²) in [7, 11) is 0. The maximum Gasteiger partial charge on any atom is 0.225 e. The molecule has 6 rings (SSSR count). The second kappa shape index (κ2) is 8.74. The molecule has 5 aromatic rings. The molecule has 180 valence electrons. The van der Waals surface area contributed by atoms with E-state index in [1.165, 1.54) is 11.3 Å². The Bertz CT molecular complexity index is 1440. The van der Waals surface area contributed by atoms with Crippen molar-refractivity contribution in [2.24, 2.45) is 0 Å². The van der Waals surface area contributed by atoms with Gasteiger partial charge in [-0.3, -0.25) is 4.90 Å². The molecular formula is C26H30N8O. The zero-order valence-corrected chi connectivity index (χ0v) is 20.1. The van der Waals surface area contributed by atoms with Gasteiger partial charge < -0.3 is 19.6 Å². The maximum atomic E-state index is 6.24. The van der Waals surface area contributed by atoms with E-state index in [9.17, 15) is 0 Å². The van der Waals surface area contributed by atoms with Gasteiger partial charge in [-0.05, 0) is 41.8 Å². The van der Waals surface area contributed by atoms with Gasteiger partial charge in [0.2, 0.25) is 11.8 Å². The van der Waals surface area contributed by atoms with Gasteiger partial charge in [0, 0.05) is 51.2 Å². The predicted octanol–water partition coefficient (Wildman–Crippen LogP) is 3.87. The number of hydrogen-bond donors (Lipinski definition) is 1. The molecule has 0 saturated carbocycles. The van der Waals surface area contributed by atoms with E-state index in [2.05, 4.69) is 73.7 Å². The highest BCUT2D eigenvalue weighted by atomic mass is 16.3. The van der Waals surface area contributed by atoms with Gasteiger partial charge in [0.15, 0.2) is 11.4 Å². The van der Waals surface area contributed by atoms with E-state index in [1.54, 1.807) is 10.8 Å². The van der Waals surface area contributed by atoms with Crippen LogP contribution in [0.4, 0.5) is 11.6 Å². The molecule has 0 spiro atoms. The molecule has 0 amide bonds. The summed E-state index contributed by atoms with van der Waals surface area (Å²) in [5, 5.41) is 5.41. The zero-order valence-electron chi connectivity index (χ0n) is 20.1. The van der Waals surface area contributed by atoms with Gasteiger partial charge in [-0.2, -0.15) is 9.50 Å². The average Bonchev–Trinajstić information content (AvgIpc) is 3.63. The number of rotatable bonds is 6. The highest BCUT2D eigenvalue weighted by Gasteiger charge is 2.19. The van der Waals surface area contributed by atoms with Crippen LogP contribution in [0.15, 0.2) is 59.3 Å². The number of piperazine rings is 1. The molecule has 1 aliphatic heterocycles. The number of fused-ring (bicyclic) bond motifs is 3. The number of nitrogen functional groups attached to an aromatic ring is 1. The van der Waals surface area contributed by atoms with Gasteiger partial charge in [0.25, 0.3) is 0 Å². The number of aromatic nitrogens is 5. The standard InChI is InChI=1S/C26H30N8O/c1-18(2)19-5-7-20(8-6-19)32-14-11-31(12-15-32)13-16-33-10-9-21-24(33)29-26(27)34-25(21)28-23(30-34)22-4-3-17-35-22/h3-10,17-18H,11-16H2,1-2H3,(H2,27,29). The van der Waals surface area contributed by atoms with E-state index in [1.807, 2.05) is 18.2 Å². The van der Waals surface area contributed by atoms with E-state index in [-0.39, 0.29) is 0 Å². The number of nitrogens with two attached hydrogens (primary N) is 1. The van der Waals surface area contributed by atoms with Crippen molar-refractivity contribution in [1.82, 2.24) is 29.0 Å². The minimum atomic E-state index is 0.315. The fraction of sp³-hybridized carbons (Fsp3) is 0.346.